The van der Waals surface area contributed by atoms with Crippen molar-refractivity contribution < 1.29 is 18.5 Å². The van der Waals surface area contributed by atoms with E-state index in [1.165, 1.54) is 6.92 Å². The van der Waals surface area contributed by atoms with Gasteiger partial charge in [-0.05, 0) is 31.5 Å². The van der Waals surface area contributed by atoms with Gasteiger partial charge < -0.3 is 5.32 Å². The molecule has 0 radical (unpaired) electrons. The number of nitrogens with zero attached hydrogens (tertiary/aromatic N) is 5. The number of carbonyl (C=O) groups is 1. The Morgan fingerprint density at radius 1 is 1.27 bits per heavy atom. The number of nitro groups is 1. The molecule has 3 rings (SSSR count). The quantitative estimate of drug-likeness (QED) is 0.445. The molecule has 9 nitrogen and oxygen atoms in total. The molecule has 1 amide bonds. The molecule has 1 N–H and O–H groups in total. The Hall–Kier alpha value is -3.34. The van der Waals surface area contributed by atoms with Crippen LogP contribution in [0.1, 0.15) is 29.1 Å². The maximum atomic E-state index is 13.0. The average molecular weight is 439 g/mol. The van der Waals surface area contributed by atoms with E-state index in [1.807, 2.05) is 19.1 Å². The number of aromatic nitrogens is 4. The minimum Gasteiger partial charge on any atom is -0.308 e. The fourth-order valence-electron chi connectivity index (χ4n) is 2.94. The van der Waals surface area contributed by atoms with Gasteiger partial charge in [0.2, 0.25) is 11.6 Å². The minimum atomic E-state index is -3.13. The van der Waals surface area contributed by atoms with E-state index in [-0.39, 0.29) is 11.5 Å². The van der Waals surface area contributed by atoms with E-state index in [1.54, 1.807) is 22.9 Å². The molecule has 0 saturated carbocycles. The molecule has 0 unspecified atom stereocenters. The second kappa shape index (κ2) is 8.57. The third-order valence-corrected chi connectivity index (χ3v) is 4.59. The predicted octanol–water partition coefficient (Wildman–Crippen LogP) is 3.88. The largest absolute Gasteiger partial charge is 0.319 e. The first kappa shape index (κ1) is 21.4. The van der Waals surface area contributed by atoms with Crippen LogP contribution in [0.2, 0.25) is 5.02 Å². The minimum absolute atomic E-state index is 0.131. The molecule has 30 heavy (non-hydrogen) atoms. The van der Waals surface area contributed by atoms with Gasteiger partial charge in [0.1, 0.15) is 12.2 Å². The van der Waals surface area contributed by atoms with Crippen LogP contribution >= 0.6 is 11.6 Å². The van der Waals surface area contributed by atoms with Crippen molar-refractivity contribution >= 4 is 29.0 Å². The Balaban J connectivity index is 1.73. The van der Waals surface area contributed by atoms with E-state index < -0.39 is 35.2 Å². The van der Waals surface area contributed by atoms with Crippen LogP contribution in [-0.2, 0) is 17.9 Å². The van der Waals surface area contributed by atoms with E-state index in [0.29, 0.717) is 11.6 Å². The van der Waals surface area contributed by atoms with Crippen LogP contribution in [0.5, 0.6) is 0 Å². The summed E-state index contributed by atoms with van der Waals surface area (Å²) in [6, 6.07) is 8.91. The molecular formula is C18H17ClF2N6O3. The molecule has 3 aromatic rings. The van der Waals surface area contributed by atoms with Crippen molar-refractivity contribution in [1.29, 1.82) is 0 Å². The van der Waals surface area contributed by atoms with Gasteiger partial charge in [0.15, 0.2) is 5.82 Å². The number of amides is 1. The number of halogens is 3. The predicted molar refractivity (Wildman–Crippen MR) is 105 cm³/mol. The molecule has 0 aliphatic heterocycles. The Labute approximate surface area is 174 Å². The summed E-state index contributed by atoms with van der Waals surface area (Å²) < 4.78 is 28.6. The lowest BCUT2D eigenvalue weighted by atomic mass is 10.2. The van der Waals surface area contributed by atoms with E-state index in [4.69, 9.17) is 11.6 Å². The van der Waals surface area contributed by atoms with Crippen LogP contribution < -0.4 is 5.32 Å². The van der Waals surface area contributed by atoms with Gasteiger partial charge in [-0.15, -0.1) is 0 Å². The fourth-order valence-corrected chi connectivity index (χ4v) is 3.16. The van der Waals surface area contributed by atoms with Crippen molar-refractivity contribution in [2.24, 2.45) is 0 Å². The van der Waals surface area contributed by atoms with E-state index in [9.17, 15) is 23.7 Å². The van der Waals surface area contributed by atoms with Crippen LogP contribution in [0.4, 0.5) is 20.3 Å². The summed E-state index contributed by atoms with van der Waals surface area (Å²) in [5.74, 6) is -0.350. The van der Waals surface area contributed by atoms with Crippen molar-refractivity contribution in [1.82, 2.24) is 19.6 Å². The number of aryl methyl sites for hydroxylation is 1. The first-order valence-corrected chi connectivity index (χ1v) is 9.12. The third-order valence-electron chi connectivity index (χ3n) is 4.35. The SMILES string of the molecule is Cc1cc(NC(=O)Cn2nc(C(F)F)c([N+](=O)[O-])c2C)nn1Cc1cccc(Cl)c1. The van der Waals surface area contributed by atoms with Crippen LogP contribution in [0.15, 0.2) is 30.3 Å². The number of hydrogen-bond acceptors (Lipinski definition) is 5. The van der Waals surface area contributed by atoms with Crippen LogP contribution in [0, 0.1) is 24.0 Å². The summed E-state index contributed by atoms with van der Waals surface area (Å²) in [6.45, 7) is 3.03. The van der Waals surface area contributed by atoms with Gasteiger partial charge in [-0.25, -0.2) is 8.78 Å². The second-order valence-electron chi connectivity index (χ2n) is 6.54. The summed E-state index contributed by atoms with van der Waals surface area (Å²) in [5, 5.41) is 22.0. The molecule has 0 bridgehead atoms. The monoisotopic (exact) mass is 438 g/mol. The summed E-state index contributed by atoms with van der Waals surface area (Å²) in [4.78, 5) is 22.4. The molecule has 0 atom stereocenters. The van der Waals surface area contributed by atoms with E-state index in [0.717, 1.165) is 15.9 Å². The van der Waals surface area contributed by atoms with Gasteiger partial charge >= 0.3 is 5.69 Å². The zero-order valence-electron chi connectivity index (χ0n) is 16.0. The number of rotatable bonds is 7. The molecule has 0 aliphatic carbocycles. The summed E-state index contributed by atoms with van der Waals surface area (Å²) in [6.07, 6.45) is -3.13. The lowest BCUT2D eigenvalue weighted by Gasteiger charge is -2.05. The van der Waals surface area contributed by atoms with E-state index >= 15 is 0 Å². The number of benzene rings is 1. The van der Waals surface area contributed by atoms with E-state index in [2.05, 4.69) is 15.5 Å². The average Bonchev–Trinajstić information content (AvgIpc) is 3.15. The molecule has 12 heteroatoms. The lowest BCUT2D eigenvalue weighted by Crippen LogP contribution is -2.21. The van der Waals surface area contributed by atoms with Gasteiger partial charge in [0.25, 0.3) is 6.43 Å². The van der Waals surface area contributed by atoms with Crippen molar-refractivity contribution in [2.75, 3.05) is 5.32 Å². The zero-order valence-corrected chi connectivity index (χ0v) is 16.7. The van der Waals surface area contributed by atoms with Crippen molar-refractivity contribution in [3.8, 4) is 0 Å². The second-order valence-corrected chi connectivity index (χ2v) is 6.98. The molecule has 0 aliphatic rings. The Morgan fingerprint density at radius 3 is 2.60 bits per heavy atom. The van der Waals surface area contributed by atoms with Crippen LogP contribution in [0.3, 0.4) is 0 Å². The van der Waals surface area contributed by atoms with Gasteiger partial charge in [-0.2, -0.15) is 10.2 Å². The molecular weight excluding hydrogens is 422 g/mol. The normalized spacial score (nSPS) is 11.1. The molecule has 0 saturated heterocycles. The maximum Gasteiger partial charge on any atom is 0.319 e. The highest BCUT2D eigenvalue weighted by molar-refractivity contribution is 6.30. The number of carbonyl (C=O) groups excluding carboxylic acids is 1. The Kier molecular flexibility index (Phi) is 6.11. The smallest absolute Gasteiger partial charge is 0.308 e. The standard InChI is InChI=1S/C18H17ClF2N6O3/c1-10-6-14(23-25(10)8-12-4-3-5-13(19)7-12)22-15(28)9-26-11(2)17(27(29)30)16(24-26)18(20)21/h3-7,18H,8-9H2,1-2H3,(H,22,23,28). The van der Waals surface area contributed by atoms with Crippen molar-refractivity contribution in [3.63, 3.8) is 0 Å². The van der Waals surface area contributed by atoms with Gasteiger partial charge in [0, 0.05) is 16.8 Å². The fraction of sp³-hybridized carbons (Fsp3) is 0.278. The molecule has 2 aromatic heterocycles. The lowest BCUT2D eigenvalue weighted by molar-refractivity contribution is -0.386. The van der Waals surface area contributed by atoms with Crippen molar-refractivity contribution in [3.05, 3.63) is 68.1 Å². The zero-order chi connectivity index (χ0) is 22.0. The summed E-state index contributed by atoms with van der Waals surface area (Å²) in [5.41, 5.74) is -0.193. The number of nitrogens with one attached hydrogen (secondary N) is 1. The van der Waals surface area contributed by atoms with Gasteiger partial charge in [-0.3, -0.25) is 24.3 Å². The first-order chi connectivity index (χ1) is 14.2. The number of anilines is 1. The summed E-state index contributed by atoms with van der Waals surface area (Å²) >= 11 is 5.98. The van der Waals surface area contributed by atoms with Crippen molar-refractivity contribution in [2.45, 2.75) is 33.4 Å². The van der Waals surface area contributed by atoms with Crippen LogP contribution in [-0.4, -0.2) is 30.4 Å². The highest BCUT2D eigenvalue weighted by Gasteiger charge is 2.31. The molecule has 1 aromatic carbocycles. The molecule has 0 spiro atoms. The topological polar surface area (TPSA) is 108 Å². The molecule has 158 valence electrons. The highest BCUT2D eigenvalue weighted by atomic mass is 35.5. The number of alkyl halides is 2. The van der Waals surface area contributed by atoms with Gasteiger partial charge in [0.05, 0.1) is 11.5 Å². The first-order valence-electron chi connectivity index (χ1n) is 8.74. The maximum absolute atomic E-state index is 13.0. The molecule has 0 fully saturated rings. The summed E-state index contributed by atoms with van der Waals surface area (Å²) in [7, 11) is 0. The van der Waals surface area contributed by atoms with Gasteiger partial charge in [-0.1, -0.05) is 23.7 Å². The third kappa shape index (κ3) is 4.62. The molecule has 2 heterocycles. The van der Waals surface area contributed by atoms with Crippen LogP contribution in [0.25, 0.3) is 0 Å². The number of hydrogen-bond donors (Lipinski definition) is 1. The highest BCUT2D eigenvalue weighted by Crippen LogP contribution is 2.30. The Bertz CT molecular complexity index is 1110. The Morgan fingerprint density at radius 2 is 2.00 bits per heavy atom.